The molecule has 3 rings (SSSR count). The minimum atomic E-state index is -0.0436. The summed E-state index contributed by atoms with van der Waals surface area (Å²) in [6.45, 7) is 1.70. The van der Waals surface area contributed by atoms with Gasteiger partial charge in [0, 0.05) is 38.6 Å². The third kappa shape index (κ3) is 3.06. The predicted molar refractivity (Wildman–Crippen MR) is 85.2 cm³/mol. The highest BCUT2D eigenvalue weighted by molar-refractivity contribution is 6.30. The zero-order chi connectivity index (χ0) is 15.5. The fraction of sp³-hybridized carbons (Fsp3) is 0.400. The molecule has 0 saturated carbocycles. The molecule has 22 heavy (non-hydrogen) atoms. The molecule has 7 heteroatoms. The van der Waals surface area contributed by atoms with E-state index >= 15 is 0 Å². The molecule has 2 aromatic rings. The normalized spacial score (nSPS) is 18.3. The van der Waals surface area contributed by atoms with Gasteiger partial charge in [-0.15, -0.1) is 5.10 Å². The minimum absolute atomic E-state index is 0.0436. The topological polar surface area (TPSA) is 65.1 Å². The van der Waals surface area contributed by atoms with Crippen LogP contribution >= 0.6 is 11.6 Å². The summed E-state index contributed by atoms with van der Waals surface area (Å²) in [4.78, 5) is 19.4. The summed E-state index contributed by atoms with van der Waals surface area (Å²) in [5.74, 6) is 0.814. The second-order valence-electron chi connectivity index (χ2n) is 5.47. The minimum Gasteiger partial charge on any atom is -0.356 e. The molecule has 116 valence electrons. The third-order valence-electron chi connectivity index (χ3n) is 4.02. The lowest BCUT2D eigenvalue weighted by Crippen LogP contribution is -2.49. The molecule has 1 aliphatic rings. The second-order valence-corrected chi connectivity index (χ2v) is 5.91. The van der Waals surface area contributed by atoms with Gasteiger partial charge in [-0.3, -0.25) is 4.79 Å². The highest BCUT2D eigenvalue weighted by atomic mass is 35.5. The Morgan fingerprint density at radius 2 is 2.41 bits per heavy atom. The first-order valence-electron chi connectivity index (χ1n) is 7.29. The molecule has 6 nitrogen and oxygen atoms in total. The largest absolute Gasteiger partial charge is 0.356 e. The Bertz CT molecular complexity index is 644. The van der Waals surface area contributed by atoms with E-state index < -0.39 is 0 Å². The van der Waals surface area contributed by atoms with E-state index in [1.807, 2.05) is 19.2 Å². The Kier molecular flexibility index (Phi) is 4.29. The fourth-order valence-corrected chi connectivity index (χ4v) is 2.95. The lowest BCUT2D eigenvalue weighted by atomic mass is 10.0. The van der Waals surface area contributed by atoms with Crippen molar-refractivity contribution >= 4 is 23.3 Å². The molecule has 0 aromatic carbocycles. The van der Waals surface area contributed by atoms with Crippen LogP contribution in [0.3, 0.4) is 0 Å². The van der Waals surface area contributed by atoms with E-state index in [0.29, 0.717) is 10.7 Å². The molecule has 0 bridgehead atoms. The van der Waals surface area contributed by atoms with Gasteiger partial charge in [-0.05, 0) is 31.0 Å². The number of halogens is 1. The van der Waals surface area contributed by atoms with Gasteiger partial charge in [0.2, 0.25) is 0 Å². The number of hydrogen-bond donors (Lipinski definition) is 1. The number of carbonyl (C=O) groups is 1. The van der Waals surface area contributed by atoms with E-state index in [9.17, 15) is 4.79 Å². The summed E-state index contributed by atoms with van der Waals surface area (Å²) in [6, 6.07) is 5.62. The molecular weight excluding hydrogens is 302 g/mol. The lowest BCUT2D eigenvalue weighted by Gasteiger charge is -2.37. The summed E-state index contributed by atoms with van der Waals surface area (Å²) in [7, 11) is 1.84. The zero-order valence-corrected chi connectivity index (χ0v) is 13.1. The smallest absolute Gasteiger partial charge is 0.270 e. The maximum Gasteiger partial charge on any atom is 0.270 e. The van der Waals surface area contributed by atoms with Gasteiger partial charge in [0.05, 0.1) is 5.02 Å². The van der Waals surface area contributed by atoms with E-state index in [-0.39, 0.29) is 11.9 Å². The van der Waals surface area contributed by atoms with Crippen molar-refractivity contribution in [3.8, 4) is 0 Å². The number of H-pyrrole nitrogens is 1. The number of amides is 1. The highest BCUT2D eigenvalue weighted by Crippen LogP contribution is 2.21. The molecule has 1 unspecified atom stereocenters. The van der Waals surface area contributed by atoms with Gasteiger partial charge in [0.15, 0.2) is 5.82 Å². The standard InChI is InChI=1S/C15H18ClN5O/c1-20(15(22)13-8-11(16)9-17-13)12-4-3-7-21(10-12)14-5-2-6-18-19-14/h2,5-6,8-9,12,17H,3-4,7,10H2,1H3. The first-order chi connectivity index (χ1) is 10.6. The van der Waals surface area contributed by atoms with Crippen LogP contribution in [0, 0.1) is 0 Å². The Balaban J connectivity index is 1.70. The van der Waals surface area contributed by atoms with E-state index in [1.54, 1.807) is 23.4 Å². The van der Waals surface area contributed by atoms with Gasteiger partial charge in [-0.1, -0.05) is 11.6 Å². The number of carbonyl (C=O) groups excluding carboxylic acids is 1. The van der Waals surface area contributed by atoms with Crippen LogP contribution in [0.1, 0.15) is 23.3 Å². The van der Waals surface area contributed by atoms with Crippen LogP contribution in [0.5, 0.6) is 0 Å². The van der Waals surface area contributed by atoms with Gasteiger partial charge in [-0.25, -0.2) is 0 Å². The maximum atomic E-state index is 12.5. The summed E-state index contributed by atoms with van der Waals surface area (Å²) in [5.41, 5.74) is 0.518. The van der Waals surface area contributed by atoms with Gasteiger partial charge in [0.1, 0.15) is 5.69 Å². The van der Waals surface area contributed by atoms with E-state index in [4.69, 9.17) is 11.6 Å². The van der Waals surface area contributed by atoms with Crippen LogP contribution in [0.25, 0.3) is 0 Å². The molecule has 0 aliphatic carbocycles. The van der Waals surface area contributed by atoms with Crippen LogP contribution in [0.4, 0.5) is 5.82 Å². The van der Waals surface area contributed by atoms with Crippen molar-refractivity contribution in [2.24, 2.45) is 0 Å². The Hall–Kier alpha value is -2.08. The van der Waals surface area contributed by atoms with Gasteiger partial charge >= 0.3 is 0 Å². The van der Waals surface area contributed by atoms with Crippen LogP contribution in [-0.2, 0) is 0 Å². The van der Waals surface area contributed by atoms with Crippen LogP contribution < -0.4 is 4.90 Å². The molecule has 3 heterocycles. The first kappa shape index (κ1) is 14.8. The van der Waals surface area contributed by atoms with Crippen molar-refractivity contribution in [3.05, 3.63) is 41.3 Å². The third-order valence-corrected chi connectivity index (χ3v) is 4.24. The van der Waals surface area contributed by atoms with Gasteiger partial charge in [-0.2, -0.15) is 5.10 Å². The number of aromatic nitrogens is 3. The van der Waals surface area contributed by atoms with Crippen molar-refractivity contribution in [3.63, 3.8) is 0 Å². The van der Waals surface area contributed by atoms with Gasteiger partial charge < -0.3 is 14.8 Å². The number of rotatable bonds is 3. The Morgan fingerprint density at radius 3 is 3.09 bits per heavy atom. The molecule has 0 spiro atoms. The van der Waals surface area contributed by atoms with Crippen molar-refractivity contribution in [1.29, 1.82) is 0 Å². The van der Waals surface area contributed by atoms with Crippen LogP contribution in [0.15, 0.2) is 30.6 Å². The maximum absolute atomic E-state index is 12.5. The molecule has 1 amide bonds. The first-order valence-corrected chi connectivity index (χ1v) is 7.66. The molecule has 1 aliphatic heterocycles. The number of likely N-dealkylation sites (N-methyl/N-ethyl adjacent to an activating group) is 1. The van der Waals surface area contributed by atoms with E-state index in [0.717, 1.165) is 31.7 Å². The molecular formula is C15H18ClN5O. The quantitative estimate of drug-likeness (QED) is 0.942. The number of anilines is 1. The van der Waals surface area contributed by atoms with Crippen molar-refractivity contribution in [2.45, 2.75) is 18.9 Å². The molecule has 0 radical (unpaired) electrons. The monoisotopic (exact) mass is 319 g/mol. The average Bonchev–Trinajstić information content (AvgIpc) is 3.01. The van der Waals surface area contributed by atoms with Crippen molar-refractivity contribution in [2.75, 3.05) is 25.0 Å². The van der Waals surface area contributed by atoms with Crippen LogP contribution in [0.2, 0.25) is 5.02 Å². The average molecular weight is 320 g/mol. The van der Waals surface area contributed by atoms with E-state index in [2.05, 4.69) is 20.1 Å². The van der Waals surface area contributed by atoms with Crippen molar-refractivity contribution in [1.82, 2.24) is 20.1 Å². The summed E-state index contributed by atoms with van der Waals surface area (Å²) >= 11 is 5.87. The van der Waals surface area contributed by atoms with E-state index in [1.165, 1.54) is 0 Å². The summed E-state index contributed by atoms with van der Waals surface area (Å²) in [6.07, 6.45) is 5.28. The van der Waals surface area contributed by atoms with Gasteiger partial charge in [0.25, 0.3) is 5.91 Å². The SMILES string of the molecule is CN(C(=O)c1cc(Cl)c[nH]1)C1CCCN(c2cccnn2)C1. The number of piperidine rings is 1. The fourth-order valence-electron chi connectivity index (χ4n) is 2.79. The zero-order valence-electron chi connectivity index (χ0n) is 12.4. The summed E-state index contributed by atoms with van der Waals surface area (Å²) in [5, 5.41) is 8.62. The molecule has 1 saturated heterocycles. The molecule has 1 fully saturated rings. The van der Waals surface area contributed by atoms with Crippen molar-refractivity contribution < 1.29 is 4.79 Å². The second kappa shape index (κ2) is 6.36. The highest BCUT2D eigenvalue weighted by Gasteiger charge is 2.27. The predicted octanol–water partition coefficient (Wildman–Crippen LogP) is 2.20. The number of hydrogen-bond acceptors (Lipinski definition) is 4. The number of aromatic amines is 1. The lowest BCUT2D eigenvalue weighted by molar-refractivity contribution is 0.0712. The number of nitrogens with one attached hydrogen (secondary N) is 1. The Labute approximate surface area is 134 Å². The molecule has 1 N–H and O–H groups in total. The molecule has 1 atom stereocenters. The number of nitrogens with zero attached hydrogens (tertiary/aromatic N) is 4. The Morgan fingerprint density at radius 1 is 1.55 bits per heavy atom. The summed E-state index contributed by atoms with van der Waals surface area (Å²) < 4.78 is 0. The van der Waals surface area contributed by atoms with Crippen LogP contribution in [-0.4, -0.2) is 52.2 Å². The molecule has 2 aromatic heterocycles.